The van der Waals surface area contributed by atoms with Crippen molar-refractivity contribution in [2.45, 2.75) is 24.7 Å². The Morgan fingerprint density at radius 1 is 1.19 bits per heavy atom. The number of ether oxygens (including phenoxy) is 2. The third-order valence-corrected chi connectivity index (χ3v) is 3.00. The minimum Gasteiger partial charge on any atom is -0.456 e. The number of carbonyl (C=O) groups excluding carboxylic acids is 1. The van der Waals surface area contributed by atoms with Gasteiger partial charge in [-0.2, -0.15) is 0 Å². The SMILES string of the molecule is O=C1C=C[C@@H]2O[C@@H](c3ccccc3)C[C@@H]2O1. The second-order valence-electron chi connectivity index (χ2n) is 4.07. The average molecular weight is 216 g/mol. The summed E-state index contributed by atoms with van der Waals surface area (Å²) in [5, 5.41) is 0. The summed E-state index contributed by atoms with van der Waals surface area (Å²) >= 11 is 0. The Labute approximate surface area is 93.7 Å². The van der Waals surface area contributed by atoms with Crippen molar-refractivity contribution in [2.75, 3.05) is 0 Å². The van der Waals surface area contributed by atoms with Gasteiger partial charge in [0.1, 0.15) is 12.2 Å². The second-order valence-corrected chi connectivity index (χ2v) is 4.07. The lowest BCUT2D eigenvalue weighted by Gasteiger charge is -2.18. The van der Waals surface area contributed by atoms with Gasteiger partial charge in [-0.05, 0) is 11.6 Å². The summed E-state index contributed by atoms with van der Waals surface area (Å²) in [5.41, 5.74) is 1.14. The molecule has 16 heavy (non-hydrogen) atoms. The first kappa shape index (κ1) is 9.60. The molecule has 0 amide bonds. The van der Waals surface area contributed by atoms with Crippen LogP contribution in [-0.4, -0.2) is 18.2 Å². The summed E-state index contributed by atoms with van der Waals surface area (Å²) in [7, 11) is 0. The maximum absolute atomic E-state index is 11.1. The minimum absolute atomic E-state index is 0.0340. The molecule has 0 aromatic heterocycles. The molecule has 0 saturated carbocycles. The average Bonchev–Trinajstić information content (AvgIpc) is 2.73. The van der Waals surface area contributed by atoms with Crippen LogP contribution in [0.5, 0.6) is 0 Å². The summed E-state index contributed by atoms with van der Waals surface area (Å²) in [6, 6.07) is 10.0. The first-order valence-corrected chi connectivity index (χ1v) is 5.42. The van der Waals surface area contributed by atoms with Crippen LogP contribution in [0.2, 0.25) is 0 Å². The largest absolute Gasteiger partial charge is 0.456 e. The fourth-order valence-corrected chi connectivity index (χ4v) is 2.21. The molecule has 2 aliphatic rings. The number of carbonyl (C=O) groups is 1. The highest BCUT2D eigenvalue weighted by Crippen LogP contribution is 2.36. The lowest BCUT2D eigenvalue weighted by atomic mass is 10.0. The van der Waals surface area contributed by atoms with Crippen LogP contribution < -0.4 is 0 Å². The highest BCUT2D eigenvalue weighted by Gasteiger charge is 2.38. The van der Waals surface area contributed by atoms with Gasteiger partial charge in [-0.25, -0.2) is 4.79 Å². The molecule has 0 aliphatic carbocycles. The molecule has 0 N–H and O–H groups in total. The van der Waals surface area contributed by atoms with E-state index in [9.17, 15) is 4.79 Å². The zero-order chi connectivity index (χ0) is 11.0. The van der Waals surface area contributed by atoms with Crippen LogP contribution in [0.3, 0.4) is 0 Å². The topological polar surface area (TPSA) is 35.5 Å². The van der Waals surface area contributed by atoms with Gasteiger partial charge in [0, 0.05) is 12.5 Å². The van der Waals surface area contributed by atoms with E-state index in [1.807, 2.05) is 30.3 Å². The minimum atomic E-state index is -0.265. The summed E-state index contributed by atoms with van der Waals surface area (Å²) in [5.74, 6) is -0.265. The lowest BCUT2D eigenvalue weighted by Crippen LogP contribution is -2.28. The van der Waals surface area contributed by atoms with Crippen molar-refractivity contribution in [3.63, 3.8) is 0 Å². The molecular weight excluding hydrogens is 204 g/mol. The predicted molar refractivity (Wildman–Crippen MR) is 57.7 cm³/mol. The van der Waals surface area contributed by atoms with Gasteiger partial charge < -0.3 is 9.47 Å². The molecule has 3 rings (SSSR count). The van der Waals surface area contributed by atoms with Gasteiger partial charge in [0.2, 0.25) is 0 Å². The standard InChI is InChI=1S/C13H12O3/c14-13-7-6-10-12(16-13)8-11(15-10)9-4-2-1-3-5-9/h1-7,10-12H,8H2/t10-,11+,12-/m0/s1. The summed E-state index contributed by atoms with van der Waals surface area (Å²) < 4.78 is 11.0. The Bertz CT molecular complexity index is 424. The van der Waals surface area contributed by atoms with Gasteiger partial charge in [0.25, 0.3) is 0 Å². The molecule has 1 saturated heterocycles. The van der Waals surface area contributed by atoms with Crippen molar-refractivity contribution in [2.24, 2.45) is 0 Å². The van der Waals surface area contributed by atoms with E-state index < -0.39 is 0 Å². The maximum atomic E-state index is 11.1. The quantitative estimate of drug-likeness (QED) is 0.673. The summed E-state index contributed by atoms with van der Waals surface area (Å²) in [4.78, 5) is 11.1. The Balaban J connectivity index is 1.79. The van der Waals surface area contributed by atoms with Crippen molar-refractivity contribution >= 4 is 5.97 Å². The Morgan fingerprint density at radius 3 is 2.81 bits per heavy atom. The molecule has 0 radical (unpaired) electrons. The van der Waals surface area contributed by atoms with Crippen LogP contribution in [0.4, 0.5) is 0 Å². The van der Waals surface area contributed by atoms with Gasteiger partial charge in [-0.15, -0.1) is 0 Å². The Morgan fingerprint density at radius 2 is 2.00 bits per heavy atom. The van der Waals surface area contributed by atoms with Crippen molar-refractivity contribution < 1.29 is 14.3 Å². The van der Waals surface area contributed by atoms with Crippen LogP contribution in [-0.2, 0) is 14.3 Å². The number of rotatable bonds is 1. The molecule has 3 heteroatoms. The van der Waals surface area contributed by atoms with Gasteiger partial charge in [0.05, 0.1) is 6.10 Å². The lowest BCUT2D eigenvalue weighted by molar-refractivity contribution is -0.146. The summed E-state index contributed by atoms with van der Waals surface area (Å²) in [6.07, 6.45) is 3.80. The van der Waals surface area contributed by atoms with E-state index in [-0.39, 0.29) is 24.3 Å². The van der Waals surface area contributed by atoms with Gasteiger partial charge in [-0.3, -0.25) is 0 Å². The molecule has 0 unspecified atom stereocenters. The molecule has 1 aromatic carbocycles. The van der Waals surface area contributed by atoms with Crippen LogP contribution in [0.15, 0.2) is 42.5 Å². The van der Waals surface area contributed by atoms with E-state index in [1.54, 1.807) is 6.08 Å². The van der Waals surface area contributed by atoms with Crippen molar-refractivity contribution in [1.82, 2.24) is 0 Å². The van der Waals surface area contributed by atoms with E-state index in [0.29, 0.717) is 0 Å². The van der Waals surface area contributed by atoms with Gasteiger partial charge >= 0.3 is 5.97 Å². The van der Waals surface area contributed by atoms with Gasteiger partial charge in [-0.1, -0.05) is 30.3 Å². The number of hydrogen-bond acceptors (Lipinski definition) is 3. The molecule has 0 spiro atoms. The number of esters is 1. The molecule has 1 fully saturated rings. The molecule has 3 nitrogen and oxygen atoms in total. The number of benzene rings is 1. The fraction of sp³-hybridized carbons (Fsp3) is 0.308. The van der Waals surface area contributed by atoms with E-state index in [1.165, 1.54) is 6.08 Å². The first-order chi connectivity index (χ1) is 7.83. The zero-order valence-corrected chi connectivity index (χ0v) is 8.71. The van der Waals surface area contributed by atoms with Crippen LogP contribution in [0.25, 0.3) is 0 Å². The van der Waals surface area contributed by atoms with E-state index in [4.69, 9.17) is 9.47 Å². The molecule has 2 heterocycles. The molecule has 3 atom stereocenters. The molecule has 82 valence electrons. The van der Waals surface area contributed by atoms with Crippen molar-refractivity contribution in [3.05, 3.63) is 48.0 Å². The van der Waals surface area contributed by atoms with E-state index >= 15 is 0 Å². The van der Waals surface area contributed by atoms with Crippen LogP contribution in [0.1, 0.15) is 18.1 Å². The van der Waals surface area contributed by atoms with Crippen LogP contribution in [0, 0.1) is 0 Å². The van der Waals surface area contributed by atoms with E-state index in [0.717, 1.165) is 12.0 Å². The second kappa shape index (κ2) is 3.76. The highest BCUT2D eigenvalue weighted by molar-refractivity contribution is 5.83. The van der Waals surface area contributed by atoms with Gasteiger partial charge in [0.15, 0.2) is 0 Å². The maximum Gasteiger partial charge on any atom is 0.330 e. The predicted octanol–water partition coefficient (Wildman–Crippen LogP) is 2.00. The number of fused-ring (bicyclic) bond motifs is 1. The zero-order valence-electron chi connectivity index (χ0n) is 8.71. The van der Waals surface area contributed by atoms with Crippen LogP contribution >= 0.6 is 0 Å². The third kappa shape index (κ3) is 1.63. The highest BCUT2D eigenvalue weighted by atomic mass is 16.6. The molecular formula is C13H12O3. The molecule has 0 bridgehead atoms. The summed E-state index contributed by atoms with van der Waals surface area (Å²) in [6.45, 7) is 0. The smallest absolute Gasteiger partial charge is 0.330 e. The van der Waals surface area contributed by atoms with Crippen molar-refractivity contribution in [3.8, 4) is 0 Å². The molecule has 2 aliphatic heterocycles. The number of hydrogen-bond donors (Lipinski definition) is 0. The normalized spacial score (nSPS) is 32.2. The molecule has 1 aromatic rings. The van der Waals surface area contributed by atoms with E-state index in [2.05, 4.69) is 0 Å². The first-order valence-electron chi connectivity index (χ1n) is 5.42. The monoisotopic (exact) mass is 216 g/mol. The van der Waals surface area contributed by atoms with Crippen molar-refractivity contribution in [1.29, 1.82) is 0 Å². The Kier molecular flexibility index (Phi) is 2.26. The fourth-order valence-electron chi connectivity index (χ4n) is 2.21. The third-order valence-electron chi connectivity index (χ3n) is 3.00. The Hall–Kier alpha value is -1.61.